The number of aromatic nitrogens is 2. The number of rotatable bonds is 9. The Morgan fingerprint density at radius 2 is 1.56 bits per heavy atom. The Morgan fingerprint density at radius 3 is 2.07 bits per heavy atom. The zero-order valence-corrected chi connectivity index (χ0v) is 18.9. The van der Waals surface area contributed by atoms with Gasteiger partial charge >= 0.3 is 0 Å². The fourth-order valence-corrected chi connectivity index (χ4v) is 7.18. The minimum absolute atomic E-state index is 0.709. The second kappa shape index (κ2) is 10.3. The highest BCUT2D eigenvalue weighted by Crippen LogP contribution is 2.54. The maximum absolute atomic E-state index is 6.21. The Kier molecular flexibility index (Phi) is 8.36. The van der Waals surface area contributed by atoms with E-state index in [-0.39, 0.29) is 0 Å². The molecule has 1 aromatic carbocycles. The van der Waals surface area contributed by atoms with E-state index < -0.39 is 6.49 Å². The number of nitrogens with zero attached hydrogens (tertiary/aromatic N) is 5. The highest BCUT2D eigenvalue weighted by molar-refractivity contribution is 8.11. The molecule has 0 N–H and O–H groups in total. The minimum atomic E-state index is -2.26. The van der Waals surface area contributed by atoms with Crippen LogP contribution in [0.3, 0.4) is 0 Å². The first-order valence-electron chi connectivity index (χ1n) is 9.72. The maximum atomic E-state index is 6.21. The lowest BCUT2D eigenvalue weighted by molar-refractivity contribution is 0.419. The summed E-state index contributed by atoms with van der Waals surface area (Å²) in [6, 6.07) is 10.5. The number of benzene rings is 1. The second-order valence-electron chi connectivity index (χ2n) is 6.42. The van der Waals surface area contributed by atoms with E-state index in [0.29, 0.717) is 5.62 Å². The van der Waals surface area contributed by atoms with E-state index in [0.717, 1.165) is 32.7 Å². The van der Waals surface area contributed by atoms with Crippen molar-refractivity contribution < 1.29 is 0 Å². The molecule has 7 heteroatoms. The summed E-state index contributed by atoms with van der Waals surface area (Å²) in [6.45, 7) is 12.7. The Balaban J connectivity index is 2.54. The minimum Gasteiger partial charge on any atom is -0.313 e. The molecule has 0 saturated heterocycles. The summed E-state index contributed by atoms with van der Waals surface area (Å²) in [5, 5.41) is 0. The number of hydrogen-bond donors (Lipinski definition) is 0. The van der Waals surface area contributed by atoms with Crippen LogP contribution in [0, 0.1) is 6.92 Å². The van der Waals surface area contributed by atoms with Crippen LogP contribution in [0.25, 0.3) is 0 Å². The summed E-state index contributed by atoms with van der Waals surface area (Å²) in [5.41, 5.74) is 3.20. The van der Waals surface area contributed by atoms with Gasteiger partial charge in [-0.25, -0.2) is 14.3 Å². The molecule has 0 atom stereocenters. The first kappa shape index (κ1) is 22.0. The van der Waals surface area contributed by atoms with Crippen molar-refractivity contribution in [1.29, 1.82) is 0 Å². The lowest BCUT2D eigenvalue weighted by atomic mass is 10.1. The summed E-state index contributed by atoms with van der Waals surface area (Å²) in [6.07, 6.45) is 3.84. The zero-order chi connectivity index (χ0) is 19.9. The van der Waals surface area contributed by atoms with Crippen LogP contribution in [0.15, 0.2) is 47.5 Å². The van der Waals surface area contributed by atoms with Gasteiger partial charge in [0, 0.05) is 38.6 Å². The molecular formula is C20H32N5PS. The summed E-state index contributed by atoms with van der Waals surface area (Å²) < 4.78 is 11.9. The predicted octanol–water partition coefficient (Wildman–Crippen LogP) is 4.05. The quantitative estimate of drug-likeness (QED) is 0.590. The monoisotopic (exact) mass is 405 g/mol. The SMILES string of the molecule is CCN(CC)P(=S)(/N=c1\ncccn1Cc1ccc(C)cc1)N(CC)CC. The average molecular weight is 406 g/mol. The van der Waals surface area contributed by atoms with Crippen molar-refractivity contribution in [3.8, 4) is 0 Å². The van der Waals surface area contributed by atoms with Crippen molar-refractivity contribution in [1.82, 2.24) is 18.9 Å². The Bertz CT molecular complexity index is 807. The van der Waals surface area contributed by atoms with Gasteiger partial charge in [-0.1, -0.05) is 57.5 Å². The molecule has 0 spiro atoms. The molecule has 0 aliphatic heterocycles. The zero-order valence-electron chi connectivity index (χ0n) is 17.2. The first-order valence-corrected chi connectivity index (χ1v) is 12.4. The van der Waals surface area contributed by atoms with Crippen LogP contribution in [0.5, 0.6) is 0 Å². The van der Waals surface area contributed by atoms with Crippen molar-refractivity contribution in [2.24, 2.45) is 4.76 Å². The average Bonchev–Trinajstić information content (AvgIpc) is 2.67. The number of aryl methyl sites for hydroxylation is 1. The van der Waals surface area contributed by atoms with Crippen LogP contribution in [0.4, 0.5) is 0 Å². The van der Waals surface area contributed by atoms with E-state index in [1.54, 1.807) is 6.20 Å². The van der Waals surface area contributed by atoms with Gasteiger partial charge in [0.2, 0.25) is 5.62 Å². The molecule has 0 saturated carbocycles. The third-order valence-electron chi connectivity index (χ3n) is 4.69. The van der Waals surface area contributed by atoms with Gasteiger partial charge in [0.1, 0.15) is 0 Å². The molecule has 27 heavy (non-hydrogen) atoms. The lowest BCUT2D eigenvalue weighted by Crippen LogP contribution is -2.33. The van der Waals surface area contributed by atoms with Crippen molar-refractivity contribution in [2.75, 3.05) is 26.2 Å². The second-order valence-corrected chi connectivity index (χ2v) is 10.3. The topological polar surface area (TPSA) is 36.7 Å². The van der Waals surface area contributed by atoms with Gasteiger partial charge in [-0.05, 0) is 30.4 Å². The molecular weight excluding hydrogens is 373 g/mol. The summed E-state index contributed by atoms with van der Waals surface area (Å²) >= 11 is 6.21. The molecule has 0 fully saturated rings. The Morgan fingerprint density at radius 1 is 1.00 bits per heavy atom. The number of hydrogen-bond acceptors (Lipinski definition) is 2. The van der Waals surface area contributed by atoms with Crippen molar-refractivity contribution in [3.63, 3.8) is 0 Å². The fourth-order valence-electron chi connectivity index (χ4n) is 3.10. The van der Waals surface area contributed by atoms with E-state index in [1.165, 1.54) is 11.1 Å². The van der Waals surface area contributed by atoms with E-state index >= 15 is 0 Å². The molecule has 1 aromatic heterocycles. The third kappa shape index (κ3) is 5.35. The van der Waals surface area contributed by atoms with Crippen LogP contribution in [0.1, 0.15) is 38.8 Å². The van der Waals surface area contributed by atoms with Crippen LogP contribution < -0.4 is 5.62 Å². The van der Waals surface area contributed by atoms with E-state index in [4.69, 9.17) is 16.6 Å². The molecule has 2 aromatic rings. The van der Waals surface area contributed by atoms with Crippen LogP contribution >= 0.6 is 6.49 Å². The standard InChI is InChI=1S/C20H32N5PS/c1-6-24(7-2)26(27,25(8-3)9-4)22-20-21-15-10-16-23(20)17-19-13-11-18(5)12-14-19/h10-16H,6-9,17H2,1-5H3/b22-20+. The van der Waals surface area contributed by atoms with Crippen molar-refractivity contribution in [3.05, 3.63) is 59.5 Å². The van der Waals surface area contributed by atoms with Gasteiger partial charge in [0.15, 0.2) is 6.49 Å². The summed E-state index contributed by atoms with van der Waals surface area (Å²) in [7, 11) is 0. The maximum Gasteiger partial charge on any atom is 0.231 e. The van der Waals surface area contributed by atoms with Gasteiger partial charge in [0.05, 0.1) is 6.54 Å². The normalized spacial score (nSPS) is 12.9. The molecule has 0 aliphatic rings. The fraction of sp³-hybridized carbons (Fsp3) is 0.500. The third-order valence-corrected chi connectivity index (χ3v) is 9.36. The van der Waals surface area contributed by atoms with Crippen LogP contribution in [0.2, 0.25) is 0 Å². The van der Waals surface area contributed by atoms with Crippen LogP contribution in [-0.2, 0) is 18.4 Å². The van der Waals surface area contributed by atoms with Gasteiger partial charge in [-0.2, -0.15) is 4.76 Å². The van der Waals surface area contributed by atoms with Gasteiger partial charge in [0.25, 0.3) is 0 Å². The molecule has 0 bridgehead atoms. The van der Waals surface area contributed by atoms with Gasteiger partial charge < -0.3 is 4.57 Å². The molecule has 0 amide bonds. The van der Waals surface area contributed by atoms with Gasteiger partial charge in [-0.15, -0.1) is 0 Å². The molecule has 148 valence electrons. The first-order chi connectivity index (χ1) is 13.0. The van der Waals surface area contributed by atoms with Crippen molar-refractivity contribution in [2.45, 2.75) is 41.2 Å². The summed E-state index contributed by atoms with van der Waals surface area (Å²) in [5.74, 6) is 0. The van der Waals surface area contributed by atoms with Crippen molar-refractivity contribution >= 4 is 18.3 Å². The Hall–Kier alpha value is -1.33. The summed E-state index contributed by atoms with van der Waals surface area (Å²) in [4.78, 5) is 4.58. The smallest absolute Gasteiger partial charge is 0.231 e. The molecule has 1 heterocycles. The Labute approximate surface area is 168 Å². The van der Waals surface area contributed by atoms with E-state index in [2.05, 4.69) is 77.8 Å². The van der Waals surface area contributed by atoms with Gasteiger partial charge in [-0.3, -0.25) is 0 Å². The molecule has 2 rings (SSSR count). The lowest BCUT2D eigenvalue weighted by Gasteiger charge is -2.37. The molecule has 0 radical (unpaired) electrons. The molecule has 0 unspecified atom stereocenters. The molecule has 0 aliphatic carbocycles. The van der Waals surface area contributed by atoms with E-state index in [1.807, 2.05) is 12.3 Å². The largest absolute Gasteiger partial charge is 0.313 e. The molecule has 5 nitrogen and oxygen atoms in total. The predicted molar refractivity (Wildman–Crippen MR) is 118 cm³/mol. The highest BCUT2D eigenvalue weighted by atomic mass is 32.4. The highest BCUT2D eigenvalue weighted by Gasteiger charge is 2.29. The van der Waals surface area contributed by atoms with E-state index in [9.17, 15) is 0 Å². The van der Waals surface area contributed by atoms with Crippen LogP contribution in [-0.4, -0.2) is 45.1 Å².